The number of anilines is 1. The minimum absolute atomic E-state index is 0.121. The Morgan fingerprint density at radius 2 is 2.08 bits per heavy atom. The highest BCUT2D eigenvalue weighted by molar-refractivity contribution is 7.47. The molecule has 2 aromatic heterocycles. The molecule has 4 rings (SSSR count). The molecule has 17 nitrogen and oxygen atoms in total. The van der Waals surface area contributed by atoms with Crippen molar-refractivity contribution in [3.8, 4) is 12.3 Å². The maximum absolute atomic E-state index is 13.7. The Balaban J connectivity index is 1.46. The number of nitrogen functional groups attached to an aromatic ring is 1. The molecule has 0 saturated carbocycles. The van der Waals surface area contributed by atoms with Crippen LogP contribution in [-0.2, 0) is 23.1 Å². The van der Waals surface area contributed by atoms with Crippen molar-refractivity contribution >= 4 is 13.6 Å². The summed E-state index contributed by atoms with van der Waals surface area (Å²) in [4.78, 5) is 50.9. The van der Waals surface area contributed by atoms with Crippen LogP contribution in [0.2, 0.25) is 0 Å². The number of nitrogens with two attached hydrogens (primary N) is 1. The van der Waals surface area contributed by atoms with E-state index in [2.05, 4.69) is 4.98 Å². The highest BCUT2D eigenvalue weighted by Gasteiger charge is 2.56. The second-order valence-corrected chi connectivity index (χ2v) is 9.98. The van der Waals surface area contributed by atoms with Gasteiger partial charge < -0.3 is 35.4 Å². The summed E-state index contributed by atoms with van der Waals surface area (Å²) in [5.74, 6) is 0.503. The molecular formula is C20H23FN5O12P. The lowest BCUT2D eigenvalue weighted by molar-refractivity contribution is -0.0681. The number of hydrogen-bond acceptors (Lipinski definition) is 13. The van der Waals surface area contributed by atoms with E-state index < -0.39 is 86.3 Å². The zero-order chi connectivity index (χ0) is 28.7. The Morgan fingerprint density at radius 1 is 1.36 bits per heavy atom. The third kappa shape index (κ3) is 5.58. The number of aliphatic hydroxyl groups is 3. The molecular weight excluding hydrogens is 552 g/mol. The van der Waals surface area contributed by atoms with Gasteiger partial charge in [-0.25, -0.2) is 14.2 Å². The molecule has 0 bridgehead atoms. The molecule has 2 aliphatic heterocycles. The van der Waals surface area contributed by atoms with Crippen LogP contribution in [0.15, 0.2) is 32.8 Å². The molecule has 39 heavy (non-hydrogen) atoms. The Hall–Kier alpha value is -3.24. The minimum atomic E-state index is -5.04. The standard InChI is InChI=1S/C20H23FN5O12P/c1-2-20(32)12(37-17(15(20)28)25-4-3-13(22)23-18(25)30)8-35-39(33,34)38-10-5-14(36-11(10)7-27)26-6-9(21)16(29)24-19(26)31/h1,3-4,6,10-12,14-15,17,27-28,32H,5,7-8H2,(H,33,34)(H2,22,23,30)(H,24,29,31). The summed E-state index contributed by atoms with van der Waals surface area (Å²) in [6, 6.07) is 1.22. The lowest BCUT2D eigenvalue weighted by Gasteiger charge is -2.26. The third-order valence-electron chi connectivity index (χ3n) is 6.13. The monoisotopic (exact) mass is 575 g/mol. The van der Waals surface area contributed by atoms with E-state index in [0.717, 1.165) is 10.8 Å². The van der Waals surface area contributed by atoms with Crippen molar-refractivity contribution in [1.82, 2.24) is 19.1 Å². The van der Waals surface area contributed by atoms with Gasteiger partial charge in [-0.2, -0.15) is 9.37 Å². The highest BCUT2D eigenvalue weighted by Crippen LogP contribution is 2.49. The molecule has 0 radical (unpaired) electrons. The van der Waals surface area contributed by atoms with Crippen LogP contribution in [0.1, 0.15) is 18.9 Å². The number of nitrogens with zero attached hydrogens (tertiary/aromatic N) is 3. The van der Waals surface area contributed by atoms with E-state index in [4.69, 9.17) is 30.7 Å². The molecule has 4 heterocycles. The topological polar surface area (TPSA) is 251 Å². The van der Waals surface area contributed by atoms with Crippen molar-refractivity contribution in [2.24, 2.45) is 0 Å². The first-order chi connectivity index (χ1) is 18.3. The van der Waals surface area contributed by atoms with Gasteiger partial charge in [-0.05, 0) is 6.07 Å². The number of aromatic amines is 1. The number of aromatic nitrogens is 4. The van der Waals surface area contributed by atoms with E-state index in [1.54, 1.807) is 4.98 Å². The van der Waals surface area contributed by atoms with Crippen molar-refractivity contribution in [3.63, 3.8) is 0 Å². The first-order valence-corrected chi connectivity index (χ1v) is 12.6. The van der Waals surface area contributed by atoms with Gasteiger partial charge >= 0.3 is 19.2 Å². The Morgan fingerprint density at radius 3 is 2.72 bits per heavy atom. The summed E-state index contributed by atoms with van der Waals surface area (Å²) >= 11 is 0. The number of rotatable bonds is 8. The number of hydrogen-bond donors (Lipinski definition) is 6. The normalized spacial score (nSPS) is 32.1. The Bertz CT molecular complexity index is 1510. The highest BCUT2D eigenvalue weighted by atomic mass is 31.2. The van der Waals surface area contributed by atoms with Crippen molar-refractivity contribution in [1.29, 1.82) is 0 Å². The second-order valence-electron chi connectivity index (χ2n) is 8.57. The molecule has 8 atom stereocenters. The average Bonchev–Trinajstić information content (AvgIpc) is 3.38. The number of phosphoric acid groups is 1. The van der Waals surface area contributed by atoms with Crippen molar-refractivity contribution in [2.75, 3.05) is 18.9 Å². The molecule has 19 heteroatoms. The lowest BCUT2D eigenvalue weighted by atomic mass is 9.93. The molecule has 2 saturated heterocycles. The molecule has 2 aliphatic rings. The number of aliphatic hydroxyl groups excluding tert-OH is 2. The van der Waals surface area contributed by atoms with Gasteiger partial charge in [-0.3, -0.25) is 28.0 Å². The SMILES string of the molecule is C#CC1(O)C(COP(=O)(O)OC2CC(n3cc(F)c(=O)[nH]c3=O)OC2CO)OC(n2ccc(N)nc2=O)C1O. The second kappa shape index (κ2) is 10.7. The number of halogens is 1. The van der Waals surface area contributed by atoms with Crippen LogP contribution in [0.3, 0.4) is 0 Å². The van der Waals surface area contributed by atoms with Crippen LogP contribution < -0.4 is 22.7 Å². The van der Waals surface area contributed by atoms with Crippen molar-refractivity contribution in [3.05, 3.63) is 55.6 Å². The van der Waals surface area contributed by atoms with E-state index in [0.29, 0.717) is 10.8 Å². The van der Waals surface area contributed by atoms with Gasteiger partial charge in [0.1, 0.15) is 36.5 Å². The van der Waals surface area contributed by atoms with E-state index in [-0.39, 0.29) is 12.2 Å². The van der Waals surface area contributed by atoms with E-state index in [1.165, 1.54) is 6.07 Å². The largest absolute Gasteiger partial charge is 0.472 e. The smallest absolute Gasteiger partial charge is 0.394 e. The van der Waals surface area contributed by atoms with E-state index in [1.807, 2.05) is 5.92 Å². The summed E-state index contributed by atoms with van der Waals surface area (Å²) < 4.78 is 48.7. The molecule has 0 spiro atoms. The molecule has 2 aromatic rings. The molecule has 0 amide bonds. The number of ether oxygens (including phenoxy) is 2. The average molecular weight is 575 g/mol. The quantitative estimate of drug-likeness (QED) is 0.135. The lowest BCUT2D eigenvalue weighted by Crippen LogP contribution is -2.48. The molecule has 2 fully saturated rings. The summed E-state index contributed by atoms with van der Waals surface area (Å²) in [7, 11) is -5.04. The fraction of sp³-hybridized carbons (Fsp3) is 0.500. The van der Waals surface area contributed by atoms with Gasteiger partial charge in [0, 0.05) is 12.6 Å². The molecule has 212 valence electrons. The van der Waals surface area contributed by atoms with E-state index in [9.17, 15) is 43.6 Å². The van der Waals surface area contributed by atoms with Crippen LogP contribution in [-0.4, -0.2) is 82.5 Å². The number of nitrogens with one attached hydrogen (secondary N) is 1. The Labute approximate surface area is 216 Å². The third-order valence-corrected chi connectivity index (χ3v) is 7.14. The van der Waals surface area contributed by atoms with Crippen molar-refractivity contribution in [2.45, 2.75) is 48.9 Å². The molecule has 8 unspecified atom stereocenters. The summed E-state index contributed by atoms with van der Waals surface area (Å²) in [6.45, 7) is -1.67. The first-order valence-electron chi connectivity index (χ1n) is 11.1. The molecule has 0 aliphatic carbocycles. The Kier molecular flexibility index (Phi) is 7.91. The minimum Gasteiger partial charge on any atom is -0.394 e. The van der Waals surface area contributed by atoms with Crippen LogP contribution in [0.25, 0.3) is 0 Å². The molecule has 7 N–H and O–H groups in total. The first kappa shape index (κ1) is 28.8. The molecule has 0 aromatic carbocycles. The summed E-state index contributed by atoms with van der Waals surface area (Å²) in [5, 5.41) is 31.0. The zero-order valence-corrected chi connectivity index (χ0v) is 20.6. The van der Waals surface area contributed by atoms with Gasteiger partial charge in [0.05, 0.1) is 19.4 Å². The summed E-state index contributed by atoms with van der Waals surface area (Å²) in [6.07, 6.45) is -2.36. The van der Waals surface area contributed by atoms with Crippen molar-refractivity contribution < 1.29 is 47.7 Å². The van der Waals surface area contributed by atoms with Crippen LogP contribution in [0, 0.1) is 18.2 Å². The van der Waals surface area contributed by atoms with Gasteiger partial charge in [-0.1, -0.05) is 5.92 Å². The van der Waals surface area contributed by atoms with E-state index >= 15 is 0 Å². The van der Waals surface area contributed by atoms with Gasteiger partial charge in [0.25, 0.3) is 5.56 Å². The predicted molar refractivity (Wildman–Crippen MR) is 124 cm³/mol. The fourth-order valence-electron chi connectivity index (χ4n) is 4.12. The number of H-pyrrole nitrogens is 1. The van der Waals surface area contributed by atoms with Crippen LogP contribution in [0.4, 0.5) is 10.2 Å². The predicted octanol–water partition coefficient (Wildman–Crippen LogP) is -3.08. The van der Waals surface area contributed by atoms with Gasteiger partial charge in [-0.15, -0.1) is 6.42 Å². The summed E-state index contributed by atoms with van der Waals surface area (Å²) in [5.41, 5.74) is -0.297. The fourth-order valence-corrected chi connectivity index (χ4v) is 5.07. The van der Waals surface area contributed by atoms with Gasteiger partial charge in [0.2, 0.25) is 5.82 Å². The van der Waals surface area contributed by atoms with Crippen LogP contribution in [0.5, 0.6) is 0 Å². The maximum atomic E-state index is 13.7. The van der Waals surface area contributed by atoms with Gasteiger partial charge in [0.15, 0.2) is 11.8 Å². The number of terminal acetylenes is 1. The van der Waals surface area contributed by atoms with Crippen LogP contribution >= 0.6 is 7.82 Å². The zero-order valence-electron chi connectivity index (χ0n) is 19.7. The maximum Gasteiger partial charge on any atom is 0.472 e. The number of phosphoric ester groups is 1.